The van der Waals surface area contributed by atoms with Crippen molar-refractivity contribution in [1.82, 2.24) is 4.98 Å². The summed E-state index contributed by atoms with van der Waals surface area (Å²) in [4.78, 5) is 4.20. The molecule has 0 saturated carbocycles. The van der Waals surface area contributed by atoms with E-state index in [0.717, 1.165) is 5.52 Å². The zero-order valence-electron chi connectivity index (χ0n) is 6.74. The number of hydrogen-bond acceptors (Lipinski definition) is 1. The molecule has 0 atom stereocenters. The summed E-state index contributed by atoms with van der Waals surface area (Å²) in [6.45, 7) is 4.00. The van der Waals surface area contributed by atoms with Gasteiger partial charge in [0.2, 0.25) is 0 Å². The number of benzene rings is 1. The van der Waals surface area contributed by atoms with Crippen molar-refractivity contribution in [2.45, 2.75) is 13.8 Å². The van der Waals surface area contributed by atoms with Crippen LogP contribution in [0.25, 0.3) is 9.78 Å². The molecule has 11 heavy (non-hydrogen) atoms. The summed E-state index contributed by atoms with van der Waals surface area (Å²) in [7, 11) is 0. The van der Waals surface area contributed by atoms with Crippen LogP contribution in [-0.4, -0.2) is 19.5 Å². The molecule has 1 aromatic heterocycles. The van der Waals surface area contributed by atoms with Crippen LogP contribution >= 0.6 is 0 Å². The van der Waals surface area contributed by atoms with Crippen molar-refractivity contribution in [2.24, 2.45) is 0 Å². The fraction of sp³-hybridized carbons (Fsp3) is 0.222. The predicted octanol–water partition coefficient (Wildman–Crippen LogP) is 2.32. The molecule has 0 spiro atoms. The fourth-order valence-corrected chi connectivity index (χ4v) is 2.23. The Balaban J connectivity index is 0.000000281. The Bertz CT molecular complexity index is 284. The average molecular weight is 212 g/mol. The Morgan fingerprint density at radius 3 is 2.64 bits per heavy atom. The molecule has 0 saturated heterocycles. The van der Waals surface area contributed by atoms with Crippen molar-refractivity contribution >= 4 is 24.3 Å². The number of para-hydroxylation sites is 1. The molecule has 2 heteroatoms. The second-order valence-corrected chi connectivity index (χ2v) is 3.68. The summed E-state index contributed by atoms with van der Waals surface area (Å²) < 4.78 is 1.41. The molecule has 0 aliphatic heterocycles. The second kappa shape index (κ2) is 4.32. The summed E-state index contributed by atoms with van der Waals surface area (Å²) in [6.07, 6.45) is 0. The van der Waals surface area contributed by atoms with Gasteiger partial charge >= 0.3 is 58.6 Å². The van der Waals surface area contributed by atoms with Crippen LogP contribution in [-0.2, 0) is 0 Å². The van der Waals surface area contributed by atoms with Gasteiger partial charge in [0.25, 0.3) is 0 Å². The van der Waals surface area contributed by atoms with Gasteiger partial charge in [0.1, 0.15) is 0 Å². The third-order valence-electron chi connectivity index (χ3n) is 1.24. The van der Waals surface area contributed by atoms with Gasteiger partial charge in [-0.3, -0.25) is 0 Å². The molecule has 1 aromatic carbocycles. The molecule has 0 N–H and O–H groups in total. The Morgan fingerprint density at radius 2 is 1.91 bits per heavy atom. The summed E-state index contributed by atoms with van der Waals surface area (Å²) in [5.41, 5.74) is 1.16. The molecule has 1 heterocycles. The second-order valence-electron chi connectivity index (χ2n) is 1.82. The maximum absolute atomic E-state index is 4.20. The van der Waals surface area contributed by atoms with Crippen LogP contribution < -0.4 is 0 Å². The molecule has 0 fully saturated rings. The molecular formula is C9H11NSe. The standard InChI is InChI=1S/C7H5NSe.C2H6/c1-2-4-7-6(3-1)8-5-9-7;1-2/h1-5H;1-2H3. The van der Waals surface area contributed by atoms with Crippen molar-refractivity contribution in [1.29, 1.82) is 0 Å². The Labute approximate surface area is 72.8 Å². The van der Waals surface area contributed by atoms with E-state index in [1.165, 1.54) is 4.26 Å². The number of fused-ring (bicyclic) bond motifs is 1. The molecule has 0 bridgehead atoms. The van der Waals surface area contributed by atoms with Gasteiger partial charge in [-0.2, -0.15) is 0 Å². The fourth-order valence-electron chi connectivity index (χ4n) is 0.803. The van der Waals surface area contributed by atoms with E-state index in [0.29, 0.717) is 14.5 Å². The summed E-state index contributed by atoms with van der Waals surface area (Å²) >= 11 is 0.511. The van der Waals surface area contributed by atoms with Crippen LogP contribution in [0.4, 0.5) is 0 Å². The summed E-state index contributed by atoms with van der Waals surface area (Å²) in [6, 6.07) is 8.29. The Morgan fingerprint density at radius 1 is 1.18 bits per heavy atom. The van der Waals surface area contributed by atoms with Gasteiger partial charge in [-0.05, 0) is 0 Å². The van der Waals surface area contributed by atoms with E-state index < -0.39 is 0 Å². The molecule has 0 radical (unpaired) electrons. The van der Waals surface area contributed by atoms with Gasteiger partial charge in [-0.25, -0.2) is 0 Å². The number of hydrogen-bond donors (Lipinski definition) is 0. The van der Waals surface area contributed by atoms with Crippen molar-refractivity contribution in [3.63, 3.8) is 0 Å². The minimum atomic E-state index is 0.511. The van der Waals surface area contributed by atoms with E-state index in [1.54, 1.807) is 0 Å². The van der Waals surface area contributed by atoms with E-state index in [2.05, 4.69) is 23.2 Å². The van der Waals surface area contributed by atoms with Crippen molar-refractivity contribution in [2.75, 3.05) is 0 Å². The topological polar surface area (TPSA) is 12.9 Å². The molecule has 2 rings (SSSR count). The first kappa shape index (κ1) is 8.51. The van der Waals surface area contributed by atoms with Gasteiger partial charge in [0.15, 0.2) is 0 Å². The van der Waals surface area contributed by atoms with E-state index in [9.17, 15) is 0 Å². The monoisotopic (exact) mass is 213 g/mol. The first-order valence-corrected chi connectivity index (χ1v) is 5.59. The van der Waals surface area contributed by atoms with Crippen LogP contribution in [0.2, 0.25) is 0 Å². The first-order chi connectivity index (χ1) is 5.47. The van der Waals surface area contributed by atoms with Gasteiger partial charge in [0, 0.05) is 0 Å². The molecule has 2 aromatic rings. The molecule has 0 aliphatic carbocycles. The zero-order valence-corrected chi connectivity index (χ0v) is 8.46. The molecule has 1 nitrogen and oxygen atoms in total. The summed E-state index contributed by atoms with van der Waals surface area (Å²) in [5.74, 6) is 0. The van der Waals surface area contributed by atoms with Gasteiger partial charge in [-0.1, -0.05) is 13.8 Å². The van der Waals surface area contributed by atoms with E-state index in [-0.39, 0.29) is 0 Å². The SMILES string of the molecule is CC.c1ccc2[se]cnc2c1. The molecule has 0 unspecified atom stereocenters. The Hall–Kier alpha value is -0.591. The number of aromatic nitrogens is 1. The van der Waals surface area contributed by atoms with Gasteiger partial charge in [-0.15, -0.1) is 0 Å². The van der Waals surface area contributed by atoms with Crippen LogP contribution in [0.5, 0.6) is 0 Å². The molecule has 58 valence electrons. The van der Waals surface area contributed by atoms with E-state index in [1.807, 2.05) is 25.0 Å². The van der Waals surface area contributed by atoms with Crippen molar-refractivity contribution in [3.05, 3.63) is 29.3 Å². The van der Waals surface area contributed by atoms with Crippen molar-refractivity contribution < 1.29 is 0 Å². The normalized spacial score (nSPS) is 8.91. The molecule has 0 aliphatic rings. The minimum absolute atomic E-state index is 0.511. The quantitative estimate of drug-likeness (QED) is 0.610. The number of rotatable bonds is 0. The third-order valence-corrected chi connectivity index (χ3v) is 2.94. The molecular weight excluding hydrogens is 201 g/mol. The van der Waals surface area contributed by atoms with E-state index >= 15 is 0 Å². The zero-order chi connectivity index (χ0) is 8.10. The van der Waals surface area contributed by atoms with E-state index in [4.69, 9.17) is 0 Å². The van der Waals surface area contributed by atoms with Gasteiger partial charge in [0.05, 0.1) is 0 Å². The third kappa shape index (κ3) is 1.92. The van der Waals surface area contributed by atoms with Crippen molar-refractivity contribution in [3.8, 4) is 0 Å². The first-order valence-electron chi connectivity index (χ1n) is 3.75. The van der Waals surface area contributed by atoms with Crippen LogP contribution in [0.3, 0.4) is 0 Å². The number of nitrogens with zero attached hydrogens (tertiary/aromatic N) is 1. The molecule has 0 amide bonds. The van der Waals surface area contributed by atoms with Gasteiger partial charge < -0.3 is 0 Å². The predicted molar refractivity (Wildman–Crippen MR) is 50.0 cm³/mol. The van der Waals surface area contributed by atoms with Crippen LogP contribution in [0.15, 0.2) is 29.3 Å². The maximum atomic E-state index is 4.20. The summed E-state index contributed by atoms with van der Waals surface area (Å²) in [5, 5.41) is 2.01. The average Bonchev–Trinajstić information content (AvgIpc) is 2.55. The van der Waals surface area contributed by atoms with Crippen LogP contribution in [0.1, 0.15) is 13.8 Å². The van der Waals surface area contributed by atoms with Crippen LogP contribution in [0, 0.1) is 0 Å². The Kier molecular flexibility index (Phi) is 3.34.